The topological polar surface area (TPSA) is 45.5 Å². The summed E-state index contributed by atoms with van der Waals surface area (Å²) < 4.78 is 0.901. The molecule has 2 aromatic carbocycles. The van der Waals surface area contributed by atoms with Gasteiger partial charge in [-0.1, -0.05) is 22.0 Å². The molecule has 0 aliphatic heterocycles. The first-order chi connectivity index (χ1) is 10.5. The fourth-order valence-electron chi connectivity index (χ4n) is 2.41. The lowest BCUT2D eigenvalue weighted by Gasteiger charge is -2.04. The van der Waals surface area contributed by atoms with Gasteiger partial charge in [0.25, 0.3) is 0 Å². The van der Waals surface area contributed by atoms with Crippen molar-refractivity contribution in [2.24, 2.45) is 4.99 Å². The molecule has 0 bridgehead atoms. The second kappa shape index (κ2) is 5.89. The molecule has 0 spiro atoms. The van der Waals surface area contributed by atoms with Crippen LogP contribution in [0.4, 0.5) is 5.69 Å². The molecule has 1 aromatic heterocycles. The average molecular weight is 355 g/mol. The third-order valence-electron chi connectivity index (χ3n) is 3.47. The summed E-state index contributed by atoms with van der Waals surface area (Å²) in [6.07, 6.45) is 1.66. The molecule has 3 aromatic rings. The van der Waals surface area contributed by atoms with Gasteiger partial charge in [-0.25, -0.2) is 0 Å². The number of phenols is 1. The maximum absolute atomic E-state index is 9.83. The van der Waals surface area contributed by atoms with E-state index in [2.05, 4.69) is 38.9 Å². The minimum Gasteiger partial charge on any atom is -0.507 e. The Morgan fingerprint density at radius 3 is 2.73 bits per heavy atom. The van der Waals surface area contributed by atoms with Crippen LogP contribution in [0.15, 0.2) is 51.9 Å². The van der Waals surface area contributed by atoms with Crippen LogP contribution in [0.3, 0.4) is 0 Å². The molecule has 0 radical (unpaired) electrons. The largest absolute Gasteiger partial charge is 0.507 e. The Labute approximate surface area is 137 Å². The maximum atomic E-state index is 9.83. The molecule has 0 saturated carbocycles. The number of hydrogen-bond acceptors (Lipinski definition) is 3. The van der Waals surface area contributed by atoms with E-state index in [0.717, 1.165) is 26.8 Å². The molecule has 0 aliphatic rings. The van der Waals surface area contributed by atoms with Gasteiger partial charge in [0.2, 0.25) is 0 Å². The summed E-state index contributed by atoms with van der Waals surface area (Å²) in [6.45, 7) is 4.07. The number of fused-ring (bicyclic) bond motifs is 1. The fourth-order valence-corrected chi connectivity index (χ4v) is 2.79. The quantitative estimate of drug-likeness (QED) is 0.653. The van der Waals surface area contributed by atoms with Crippen LogP contribution in [0.2, 0.25) is 0 Å². The first-order valence-corrected chi connectivity index (χ1v) is 7.73. The number of aliphatic imine (C=N–C) groups is 1. The highest BCUT2D eigenvalue weighted by molar-refractivity contribution is 9.10. The van der Waals surface area contributed by atoms with E-state index in [1.807, 2.05) is 31.2 Å². The number of benzene rings is 2. The molecule has 4 heteroatoms. The summed E-state index contributed by atoms with van der Waals surface area (Å²) in [6, 6.07) is 13.3. The zero-order chi connectivity index (χ0) is 15.7. The summed E-state index contributed by atoms with van der Waals surface area (Å²) in [5.41, 5.74) is 4.62. The van der Waals surface area contributed by atoms with Crippen molar-refractivity contribution in [1.82, 2.24) is 4.98 Å². The Hall–Kier alpha value is -2.20. The van der Waals surface area contributed by atoms with Crippen LogP contribution in [0.25, 0.3) is 10.9 Å². The van der Waals surface area contributed by atoms with Crippen LogP contribution in [0, 0.1) is 13.8 Å². The molecule has 1 heterocycles. The van der Waals surface area contributed by atoms with Crippen molar-refractivity contribution in [3.63, 3.8) is 0 Å². The predicted molar refractivity (Wildman–Crippen MR) is 94.3 cm³/mol. The van der Waals surface area contributed by atoms with Crippen molar-refractivity contribution in [2.45, 2.75) is 13.8 Å². The van der Waals surface area contributed by atoms with Gasteiger partial charge in [0.15, 0.2) is 0 Å². The van der Waals surface area contributed by atoms with E-state index in [1.165, 1.54) is 5.56 Å². The normalized spacial score (nSPS) is 11.4. The van der Waals surface area contributed by atoms with E-state index in [0.29, 0.717) is 5.56 Å². The Morgan fingerprint density at radius 1 is 1.09 bits per heavy atom. The van der Waals surface area contributed by atoms with Crippen molar-refractivity contribution in [1.29, 1.82) is 0 Å². The number of nitrogens with zero attached hydrogens (tertiary/aromatic N) is 2. The molecule has 0 amide bonds. The molecule has 22 heavy (non-hydrogen) atoms. The summed E-state index contributed by atoms with van der Waals surface area (Å²) in [7, 11) is 0. The number of aromatic hydroxyl groups is 1. The smallest absolute Gasteiger partial charge is 0.124 e. The Balaban J connectivity index is 2.00. The minimum absolute atomic E-state index is 0.206. The number of halogens is 1. The SMILES string of the molecule is Cc1cc(C)c2ccc(N=Cc3cc(Br)ccc3O)cc2n1. The molecule has 0 saturated heterocycles. The monoisotopic (exact) mass is 354 g/mol. The fraction of sp³-hybridized carbons (Fsp3) is 0.111. The van der Waals surface area contributed by atoms with Crippen LogP contribution >= 0.6 is 15.9 Å². The molecule has 110 valence electrons. The van der Waals surface area contributed by atoms with E-state index in [4.69, 9.17) is 0 Å². The second-order valence-electron chi connectivity index (χ2n) is 5.24. The molecule has 1 N–H and O–H groups in total. The summed E-state index contributed by atoms with van der Waals surface area (Å²) in [4.78, 5) is 9.00. The van der Waals surface area contributed by atoms with Crippen molar-refractivity contribution in [3.8, 4) is 5.75 Å². The van der Waals surface area contributed by atoms with Crippen molar-refractivity contribution < 1.29 is 5.11 Å². The minimum atomic E-state index is 0.206. The third kappa shape index (κ3) is 3.02. The lowest BCUT2D eigenvalue weighted by molar-refractivity contribution is 0.474. The van der Waals surface area contributed by atoms with E-state index in [9.17, 15) is 5.11 Å². The van der Waals surface area contributed by atoms with Gasteiger partial charge >= 0.3 is 0 Å². The number of aryl methyl sites for hydroxylation is 2. The number of aromatic nitrogens is 1. The molecule has 0 fully saturated rings. The number of phenolic OH excluding ortho intramolecular Hbond substituents is 1. The van der Waals surface area contributed by atoms with Crippen LogP contribution in [-0.4, -0.2) is 16.3 Å². The second-order valence-corrected chi connectivity index (χ2v) is 6.16. The lowest BCUT2D eigenvalue weighted by Crippen LogP contribution is -1.87. The molecule has 3 rings (SSSR count). The Kier molecular flexibility index (Phi) is 3.94. The molecule has 0 atom stereocenters. The summed E-state index contributed by atoms with van der Waals surface area (Å²) in [5, 5.41) is 11.0. The first kappa shape index (κ1) is 14.7. The van der Waals surface area contributed by atoms with E-state index < -0.39 is 0 Å². The van der Waals surface area contributed by atoms with Gasteiger partial charge in [-0.15, -0.1) is 0 Å². The predicted octanol–water partition coefficient (Wildman–Crippen LogP) is 5.07. The van der Waals surface area contributed by atoms with E-state index in [1.54, 1.807) is 18.3 Å². The van der Waals surface area contributed by atoms with Gasteiger partial charge in [0.1, 0.15) is 5.75 Å². The maximum Gasteiger partial charge on any atom is 0.124 e. The highest BCUT2D eigenvalue weighted by Gasteiger charge is 2.02. The van der Waals surface area contributed by atoms with Crippen LogP contribution in [-0.2, 0) is 0 Å². The Bertz CT molecular complexity index is 888. The first-order valence-electron chi connectivity index (χ1n) is 6.93. The van der Waals surface area contributed by atoms with Gasteiger partial charge in [0, 0.05) is 27.3 Å². The lowest BCUT2D eigenvalue weighted by atomic mass is 10.1. The van der Waals surface area contributed by atoms with Crippen molar-refractivity contribution >= 4 is 38.7 Å². The van der Waals surface area contributed by atoms with Gasteiger partial charge in [-0.05, 0) is 55.8 Å². The molecule has 0 aliphatic carbocycles. The number of rotatable bonds is 2. The Morgan fingerprint density at radius 2 is 1.91 bits per heavy atom. The molecular formula is C18H15BrN2O. The highest BCUT2D eigenvalue weighted by Crippen LogP contribution is 2.24. The van der Waals surface area contributed by atoms with Gasteiger partial charge in [0.05, 0.1) is 11.2 Å². The van der Waals surface area contributed by atoms with Gasteiger partial charge in [-0.2, -0.15) is 0 Å². The van der Waals surface area contributed by atoms with Crippen molar-refractivity contribution in [2.75, 3.05) is 0 Å². The number of hydrogen-bond donors (Lipinski definition) is 1. The summed E-state index contributed by atoms with van der Waals surface area (Å²) in [5.74, 6) is 0.206. The van der Waals surface area contributed by atoms with Gasteiger partial charge < -0.3 is 5.11 Å². The van der Waals surface area contributed by atoms with Crippen LogP contribution in [0.5, 0.6) is 5.75 Å². The third-order valence-corrected chi connectivity index (χ3v) is 3.96. The molecular weight excluding hydrogens is 340 g/mol. The average Bonchev–Trinajstić information content (AvgIpc) is 2.47. The highest BCUT2D eigenvalue weighted by atomic mass is 79.9. The van der Waals surface area contributed by atoms with Crippen molar-refractivity contribution in [3.05, 3.63) is 63.8 Å². The molecule has 0 unspecified atom stereocenters. The zero-order valence-corrected chi connectivity index (χ0v) is 13.9. The number of pyridine rings is 1. The van der Waals surface area contributed by atoms with E-state index in [-0.39, 0.29) is 5.75 Å². The van der Waals surface area contributed by atoms with Crippen LogP contribution < -0.4 is 0 Å². The van der Waals surface area contributed by atoms with Crippen LogP contribution in [0.1, 0.15) is 16.8 Å². The van der Waals surface area contributed by atoms with Gasteiger partial charge in [-0.3, -0.25) is 9.98 Å². The summed E-state index contributed by atoms with van der Waals surface area (Å²) >= 11 is 3.39. The standard InChI is InChI=1S/C18H15BrN2O/c1-11-7-12(2)21-17-9-15(4-5-16(11)17)20-10-13-8-14(19)3-6-18(13)22/h3-10,22H,1-2H3. The molecule has 3 nitrogen and oxygen atoms in total. The van der Waals surface area contributed by atoms with E-state index >= 15 is 0 Å². The zero-order valence-electron chi connectivity index (χ0n) is 12.3.